The predicted molar refractivity (Wildman–Crippen MR) is 76.8 cm³/mol. The Kier molecular flexibility index (Phi) is 4.53. The molecule has 0 aliphatic heterocycles. The van der Waals surface area contributed by atoms with E-state index < -0.39 is 6.04 Å². The summed E-state index contributed by atoms with van der Waals surface area (Å²) < 4.78 is 10.4. The number of aromatic nitrogens is 1. The molecule has 5 heteroatoms. The Morgan fingerprint density at radius 2 is 2.15 bits per heavy atom. The number of hydrogen-bond donors (Lipinski definition) is 1. The molecule has 20 heavy (non-hydrogen) atoms. The molecule has 0 aliphatic carbocycles. The lowest BCUT2D eigenvalue weighted by Gasteiger charge is -2.15. The summed E-state index contributed by atoms with van der Waals surface area (Å²) in [7, 11) is 3.05. The van der Waals surface area contributed by atoms with Crippen molar-refractivity contribution in [2.24, 2.45) is 0 Å². The first-order valence-electron chi connectivity index (χ1n) is 6.40. The molecule has 0 saturated carbocycles. The van der Waals surface area contributed by atoms with E-state index in [0.29, 0.717) is 5.75 Å². The first kappa shape index (κ1) is 14.3. The third-order valence-corrected chi connectivity index (χ3v) is 3.06. The number of benzene rings is 1. The Balaban J connectivity index is 2.21. The Bertz CT molecular complexity index is 613. The minimum Gasteiger partial charge on any atom is -0.489 e. The number of hydrogen-bond acceptors (Lipinski definition) is 5. The summed E-state index contributed by atoms with van der Waals surface area (Å²) in [6, 6.07) is 9.18. The van der Waals surface area contributed by atoms with Crippen LogP contribution in [-0.4, -0.2) is 37.8 Å². The normalized spacial score (nSPS) is 12.2. The van der Waals surface area contributed by atoms with Crippen LogP contribution >= 0.6 is 0 Å². The van der Waals surface area contributed by atoms with E-state index in [4.69, 9.17) is 9.47 Å². The standard InChI is InChI=1S/C15H18N2O3/c1-10-7-8-11-5-4-6-13(14(11)17-10)20-9-12(16-2)15(18)19-3/h4-8,12,16H,9H2,1-3H3. The number of carbonyl (C=O) groups is 1. The SMILES string of the molecule is CNC(COc1cccc2ccc(C)nc12)C(=O)OC. The van der Waals surface area contributed by atoms with Crippen molar-refractivity contribution in [2.45, 2.75) is 13.0 Å². The van der Waals surface area contributed by atoms with Crippen LogP contribution in [0, 0.1) is 6.92 Å². The zero-order chi connectivity index (χ0) is 14.5. The fourth-order valence-corrected chi connectivity index (χ4v) is 1.92. The fourth-order valence-electron chi connectivity index (χ4n) is 1.92. The van der Waals surface area contributed by atoms with Crippen LogP contribution in [0.15, 0.2) is 30.3 Å². The number of likely N-dealkylation sites (N-methyl/N-ethyl adjacent to an activating group) is 1. The van der Waals surface area contributed by atoms with Crippen LogP contribution < -0.4 is 10.1 Å². The van der Waals surface area contributed by atoms with E-state index >= 15 is 0 Å². The molecule has 0 radical (unpaired) electrons. The van der Waals surface area contributed by atoms with Crippen LogP contribution in [0.2, 0.25) is 0 Å². The number of nitrogens with zero attached hydrogens (tertiary/aromatic N) is 1. The van der Waals surface area contributed by atoms with Crippen molar-refractivity contribution >= 4 is 16.9 Å². The molecule has 2 aromatic rings. The highest BCUT2D eigenvalue weighted by molar-refractivity contribution is 5.84. The number of ether oxygens (including phenoxy) is 2. The highest BCUT2D eigenvalue weighted by atomic mass is 16.5. The highest BCUT2D eigenvalue weighted by Crippen LogP contribution is 2.24. The van der Waals surface area contributed by atoms with Crippen molar-refractivity contribution in [1.29, 1.82) is 0 Å². The van der Waals surface area contributed by atoms with E-state index in [1.165, 1.54) is 7.11 Å². The van der Waals surface area contributed by atoms with Crippen LogP contribution in [0.5, 0.6) is 5.75 Å². The Labute approximate surface area is 117 Å². The van der Waals surface area contributed by atoms with Crippen molar-refractivity contribution in [2.75, 3.05) is 20.8 Å². The number of pyridine rings is 1. The number of aryl methyl sites for hydroxylation is 1. The van der Waals surface area contributed by atoms with Gasteiger partial charge in [-0.2, -0.15) is 0 Å². The molecular weight excluding hydrogens is 256 g/mol. The minimum atomic E-state index is -0.500. The quantitative estimate of drug-likeness (QED) is 0.841. The smallest absolute Gasteiger partial charge is 0.326 e. The summed E-state index contributed by atoms with van der Waals surface area (Å²) in [6.07, 6.45) is 0. The Morgan fingerprint density at radius 3 is 2.85 bits per heavy atom. The molecule has 0 spiro atoms. The maximum absolute atomic E-state index is 11.5. The summed E-state index contributed by atoms with van der Waals surface area (Å²) in [4.78, 5) is 16.0. The van der Waals surface area contributed by atoms with Gasteiger partial charge in [-0.1, -0.05) is 18.2 Å². The van der Waals surface area contributed by atoms with Gasteiger partial charge in [0, 0.05) is 11.1 Å². The average Bonchev–Trinajstić information content (AvgIpc) is 2.47. The van der Waals surface area contributed by atoms with Crippen molar-refractivity contribution in [3.05, 3.63) is 36.0 Å². The van der Waals surface area contributed by atoms with Gasteiger partial charge in [-0.05, 0) is 26.1 Å². The summed E-state index contributed by atoms with van der Waals surface area (Å²) in [6.45, 7) is 2.12. The van der Waals surface area contributed by atoms with Crippen LogP contribution in [0.4, 0.5) is 0 Å². The molecule has 0 aliphatic rings. The topological polar surface area (TPSA) is 60.5 Å². The zero-order valence-electron chi connectivity index (χ0n) is 11.8. The van der Waals surface area contributed by atoms with Gasteiger partial charge in [0.15, 0.2) is 0 Å². The number of esters is 1. The molecule has 1 aromatic heterocycles. The maximum Gasteiger partial charge on any atom is 0.326 e. The van der Waals surface area contributed by atoms with Gasteiger partial charge in [0.2, 0.25) is 0 Å². The van der Waals surface area contributed by atoms with Gasteiger partial charge < -0.3 is 14.8 Å². The van der Waals surface area contributed by atoms with Gasteiger partial charge in [-0.25, -0.2) is 4.98 Å². The summed E-state index contributed by atoms with van der Waals surface area (Å²) >= 11 is 0. The fraction of sp³-hybridized carbons (Fsp3) is 0.333. The molecule has 0 fully saturated rings. The molecule has 1 atom stereocenters. The summed E-state index contributed by atoms with van der Waals surface area (Å²) in [5.41, 5.74) is 1.72. The lowest BCUT2D eigenvalue weighted by Crippen LogP contribution is -2.40. The highest BCUT2D eigenvalue weighted by Gasteiger charge is 2.18. The number of fused-ring (bicyclic) bond motifs is 1. The van der Waals surface area contributed by atoms with E-state index in [2.05, 4.69) is 10.3 Å². The number of nitrogens with one attached hydrogen (secondary N) is 1. The molecule has 1 N–H and O–H groups in total. The zero-order valence-corrected chi connectivity index (χ0v) is 11.8. The molecule has 0 bridgehead atoms. The predicted octanol–water partition coefficient (Wildman–Crippen LogP) is 1.68. The van der Waals surface area contributed by atoms with Crippen molar-refractivity contribution in [3.8, 4) is 5.75 Å². The maximum atomic E-state index is 11.5. The summed E-state index contributed by atoms with van der Waals surface area (Å²) in [5, 5.41) is 3.87. The van der Waals surface area contributed by atoms with E-state index in [0.717, 1.165) is 16.6 Å². The van der Waals surface area contributed by atoms with Crippen LogP contribution in [0.25, 0.3) is 10.9 Å². The Hall–Kier alpha value is -2.14. The van der Waals surface area contributed by atoms with Crippen molar-refractivity contribution in [3.63, 3.8) is 0 Å². The molecule has 1 aromatic carbocycles. The second kappa shape index (κ2) is 6.34. The van der Waals surface area contributed by atoms with E-state index in [1.807, 2.05) is 37.3 Å². The number of rotatable bonds is 5. The number of carbonyl (C=O) groups excluding carboxylic acids is 1. The van der Waals surface area contributed by atoms with Crippen molar-refractivity contribution < 1.29 is 14.3 Å². The lowest BCUT2D eigenvalue weighted by atomic mass is 10.2. The minimum absolute atomic E-state index is 0.192. The monoisotopic (exact) mass is 274 g/mol. The number of methoxy groups -OCH3 is 1. The lowest BCUT2D eigenvalue weighted by molar-refractivity contribution is -0.143. The molecule has 5 nitrogen and oxygen atoms in total. The first-order valence-corrected chi connectivity index (χ1v) is 6.40. The van der Waals surface area contributed by atoms with Crippen LogP contribution in [-0.2, 0) is 9.53 Å². The first-order chi connectivity index (χ1) is 9.65. The third kappa shape index (κ3) is 3.05. The van der Waals surface area contributed by atoms with Gasteiger partial charge in [0.25, 0.3) is 0 Å². The summed E-state index contributed by atoms with van der Waals surface area (Å²) in [5.74, 6) is 0.312. The van der Waals surface area contributed by atoms with E-state index in [1.54, 1.807) is 7.05 Å². The molecule has 2 rings (SSSR count). The van der Waals surface area contributed by atoms with Gasteiger partial charge in [0.05, 0.1) is 7.11 Å². The van der Waals surface area contributed by atoms with Gasteiger partial charge >= 0.3 is 5.97 Å². The second-order valence-corrected chi connectivity index (χ2v) is 4.46. The van der Waals surface area contributed by atoms with Crippen LogP contribution in [0.3, 0.4) is 0 Å². The largest absolute Gasteiger partial charge is 0.489 e. The third-order valence-electron chi connectivity index (χ3n) is 3.06. The molecule has 1 heterocycles. The van der Waals surface area contributed by atoms with Crippen LogP contribution in [0.1, 0.15) is 5.69 Å². The average molecular weight is 274 g/mol. The van der Waals surface area contributed by atoms with Crippen molar-refractivity contribution in [1.82, 2.24) is 10.3 Å². The van der Waals surface area contributed by atoms with E-state index in [9.17, 15) is 4.79 Å². The van der Waals surface area contributed by atoms with E-state index in [-0.39, 0.29) is 12.6 Å². The molecular formula is C15H18N2O3. The Morgan fingerprint density at radius 1 is 1.35 bits per heavy atom. The van der Waals surface area contributed by atoms with Gasteiger partial charge in [-0.15, -0.1) is 0 Å². The second-order valence-electron chi connectivity index (χ2n) is 4.46. The van der Waals surface area contributed by atoms with Gasteiger partial charge in [-0.3, -0.25) is 4.79 Å². The van der Waals surface area contributed by atoms with Gasteiger partial charge in [0.1, 0.15) is 23.9 Å². The number of para-hydroxylation sites is 1. The molecule has 0 amide bonds. The molecule has 0 saturated heterocycles. The molecule has 106 valence electrons. The molecule has 1 unspecified atom stereocenters.